The van der Waals surface area contributed by atoms with Gasteiger partial charge in [0.1, 0.15) is 40.7 Å². The first-order valence-electron chi connectivity index (χ1n) is 19.9. The average molecular weight is 841 g/mol. The number of ketones is 1. The van der Waals surface area contributed by atoms with Crippen molar-refractivity contribution in [3.05, 3.63) is 75.7 Å². The summed E-state index contributed by atoms with van der Waals surface area (Å²) in [6.07, 6.45) is 5.46. The minimum atomic E-state index is -3.87. The SMILES string of the molecule is Cc1ccc(S(=O)(=O)OCCOCCOc2cccc(C(=O)c3csc([C@@H]4CCCN4C(=O)[C@@H](NC(=O)[C@H](C)N(C)C(=O)OC(C)(C)C)C4CCCCC4)n3)c2)cc1. The fourth-order valence-corrected chi connectivity index (χ4v) is 8.81. The van der Waals surface area contributed by atoms with E-state index in [4.69, 9.17) is 23.4 Å². The lowest BCUT2D eigenvalue weighted by molar-refractivity contribution is -0.140. The summed E-state index contributed by atoms with van der Waals surface area (Å²) in [4.78, 5) is 62.2. The number of carbonyl (C=O) groups is 4. The minimum absolute atomic E-state index is 0.0396. The first kappa shape index (κ1) is 44.7. The third kappa shape index (κ3) is 12.1. The molecule has 3 atom stereocenters. The highest BCUT2D eigenvalue weighted by molar-refractivity contribution is 7.86. The van der Waals surface area contributed by atoms with Crippen LogP contribution in [0.15, 0.2) is 58.8 Å². The first-order chi connectivity index (χ1) is 27.5. The number of nitrogens with one attached hydrogen (secondary N) is 1. The predicted molar refractivity (Wildman–Crippen MR) is 218 cm³/mol. The molecular weight excluding hydrogens is 785 g/mol. The van der Waals surface area contributed by atoms with Crippen LogP contribution in [0, 0.1) is 12.8 Å². The number of likely N-dealkylation sites (N-methyl/N-ethyl adjacent to an activating group) is 1. The molecule has 58 heavy (non-hydrogen) atoms. The molecule has 0 unspecified atom stereocenters. The van der Waals surface area contributed by atoms with Crippen molar-refractivity contribution in [2.75, 3.05) is 40.0 Å². The van der Waals surface area contributed by atoms with Crippen LogP contribution in [0.4, 0.5) is 4.79 Å². The van der Waals surface area contributed by atoms with Crippen molar-refractivity contribution in [2.45, 2.75) is 108 Å². The van der Waals surface area contributed by atoms with Gasteiger partial charge in [-0.1, -0.05) is 49.1 Å². The van der Waals surface area contributed by atoms with E-state index in [1.807, 2.05) is 6.92 Å². The van der Waals surface area contributed by atoms with Crippen LogP contribution in [0.1, 0.15) is 105 Å². The molecule has 5 rings (SSSR count). The summed E-state index contributed by atoms with van der Waals surface area (Å²) in [5.41, 5.74) is 0.865. The van der Waals surface area contributed by atoms with Gasteiger partial charge in [0.15, 0.2) is 0 Å². The Kier molecular flexibility index (Phi) is 15.5. The van der Waals surface area contributed by atoms with Gasteiger partial charge in [0.25, 0.3) is 10.1 Å². The average Bonchev–Trinajstić information content (AvgIpc) is 3.89. The van der Waals surface area contributed by atoms with Crippen molar-refractivity contribution in [1.29, 1.82) is 0 Å². The largest absolute Gasteiger partial charge is 0.491 e. The Morgan fingerprint density at radius 1 is 0.966 bits per heavy atom. The van der Waals surface area contributed by atoms with Crippen LogP contribution in [0.2, 0.25) is 0 Å². The van der Waals surface area contributed by atoms with Gasteiger partial charge in [-0.05, 0) is 90.5 Å². The van der Waals surface area contributed by atoms with Crippen LogP contribution in [-0.4, -0.2) is 105 Å². The molecule has 2 fully saturated rings. The van der Waals surface area contributed by atoms with E-state index < -0.39 is 39.8 Å². The zero-order chi connectivity index (χ0) is 42.0. The number of nitrogens with zero attached hydrogens (tertiary/aromatic N) is 3. The summed E-state index contributed by atoms with van der Waals surface area (Å²) in [5.74, 6) is -0.472. The second-order valence-electron chi connectivity index (χ2n) is 15.8. The van der Waals surface area contributed by atoms with Gasteiger partial charge in [0.05, 0.1) is 30.8 Å². The molecule has 1 saturated heterocycles. The number of carbonyl (C=O) groups excluding carboxylic acids is 4. The van der Waals surface area contributed by atoms with Gasteiger partial charge < -0.3 is 24.4 Å². The fourth-order valence-electron chi connectivity index (χ4n) is 6.97. The Hall–Kier alpha value is -4.38. The molecule has 0 spiro atoms. The zero-order valence-corrected chi connectivity index (χ0v) is 35.9. The van der Waals surface area contributed by atoms with E-state index in [-0.39, 0.29) is 60.7 Å². The number of hydrogen-bond donors (Lipinski definition) is 1. The summed E-state index contributed by atoms with van der Waals surface area (Å²) in [7, 11) is -2.36. The monoisotopic (exact) mass is 840 g/mol. The minimum Gasteiger partial charge on any atom is -0.491 e. The second-order valence-corrected chi connectivity index (χ2v) is 18.3. The fraction of sp³-hybridized carbons (Fsp3) is 0.548. The van der Waals surface area contributed by atoms with Gasteiger partial charge in [0.2, 0.25) is 17.6 Å². The maximum atomic E-state index is 14.4. The van der Waals surface area contributed by atoms with Crippen molar-refractivity contribution >= 4 is 45.1 Å². The van der Waals surface area contributed by atoms with Gasteiger partial charge in [-0.25, -0.2) is 9.78 Å². The van der Waals surface area contributed by atoms with Crippen LogP contribution in [-0.2, 0) is 33.4 Å². The van der Waals surface area contributed by atoms with Crippen LogP contribution in [0.5, 0.6) is 5.75 Å². The number of rotatable bonds is 17. The molecule has 1 aliphatic heterocycles. The molecule has 316 valence electrons. The third-order valence-corrected chi connectivity index (χ3v) is 12.5. The second kappa shape index (κ2) is 20.1. The summed E-state index contributed by atoms with van der Waals surface area (Å²) in [6.45, 7) is 9.51. The van der Waals surface area contributed by atoms with E-state index in [0.29, 0.717) is 29.3 Å². The van der Waals surface area contributed by atoms with Crippen LogP contribution in [0.3, 0.4) is 0 Å². The molecule has 1 N–H and O–H groups in total. The number of likely N-dealkylation sites (tertiary alicyclic amines) is 1. The van der Waals surface area contributed by atoms with E-state index >= 15 is 0 Å². The van der Waals surface area contributed by atoms with Crippen molar-refractivity contribution in [3.8, 4) is 5.75 Å². The predicted octanol–water partition coefficient (Wildman–Crippen LogP) is 6.47. The number of benzene rings is 2. The van der Waals surface area contributed by atoms with Crippen molar-refractivity contribution in [1.82, 2.24) is 20.1 Å². The standard InChI is InChI=1S/C42H56N4O10S2/c1-28-17-19-33(20-18-28)58(51,52)55-25-23-53-22-24-54-32-15-10-14-31(26-32)37(47)34-27-57-39(43-34)35-16-11-21-46(35)40(49)36(30-12-8-7-9-13-30)44-38(48)29(2)45(6)41(50)56-42(3,4)5/h10,14-15,17-20,26-27,29-30,35-36H,7-9,11-13,16,21-25H2,1-6H3,(H,44,48)/t29-,35-,36-/m0/s1. The number of ether oxygens (including phenoxy) is 3. The van der Waals surface area contributed by atoms with E-state index in [0.717, 1.165) is 44.1 Å². The number of aryl methyl sites for hydroxylation is 1. The lowest BCUT2D eigenvalue weighted by Gasteiger charge is -2.36. The summed E-state index contributed by atoms with van der Waals surface area (Å²) >= 11 is 1.33. The van der Waals surface area contributed by atoms with Gasteiger partial charge in [-0.3, -0.25) is 23.5 Å². The Labute approximate surface area is 345 Å². The smallest absolute Gasteiger partial charge is 0.410 e. The van der Waals surface area contributed by atoms with Crippen LogP contribution < -0.4 is 10.1 Å². The van der Waals surface area contributed by atoms with E-state index in [1.54, 1.807) is 74.4 Å². The molecule has 0 bridgehead atoms. The Balaban J connectivity index is 1.16. The van der Waals surface area contributed by atoms with Gasteiger partial charge in [-0.2, -0.15) is 8.42 Å². The molecule has 3 aromatic rings. The van der Waals surface area contributed by atoms with E-state index in [1.165, 1.54) is 35.4 Å². The summed E-state index contributed by atoms with van der Waals surface area (Å²) in [6, 6.07) is 11.2. The number of hydrogen-bond acceptors (Lipinski definition) is 12. The highest BCUT2D eigenvalue weighted by Crippen LogP contribution is 2.37. The summed E-state index contributed by atoms with van der Waals surface area (Å²) in [5, 5.41) is 5.38. The number of thiazole rings is 1. The van der Waals surface area contributed by atoms with Crippen molar-refractivity contribution in [3.63, 3.8) is 0 Å². The maximum absolute atomic E-state index is 14.4. The summed E-state index contributed by atoms with van der Waals surface area (Å²) < 4.78 is 46.5. The Morgan fingerprint density at radius 3 is 2.38 bits per heavy atom. The molecule has 1 saturated carbocycles. The quantitative estimate of drug-likeness (QED) is 0.0898. The Bertz CT molecular complexity index is 1990. The van der Waals surface area contributed by atoms with Crippen molar-refractivity contribution < 1.29 is 46.0 Å². The number of aromatic nitrogens is 1. The molecule has 1 aliphatic carbocycles. The normalized spacial score (nSPS) is 17.3. The van der Waals surface area contributed by atoms with E-state index in [2.05, 4.69) is 5.32 Å². The van der Waals surface area contributed by atoms with Gasteiger partial charge in [-0.15, -0.1) is 11.3 Å². The zero-order valence-electron chi connectivity index (χ0n) is 34.2. The van der Waals surface area contributed by atoms with Crippen LogP contribution >= 0.6 is 11.3 Å². The van der Waals surface area contributed by atoms with Gasteiger partial charge in [0, 0.05) is 24.5 Å². The molecule has 14 nitrogen and oxygen atoms in total. The van der Waals surface area contributed by atoms with Crippen LogP contribution in [0.25, 0.3) is 0 Å². The lowest BCUT2D eigenvalue weighted by atomic mass is 9.83. The lowest BCUT2D eigenvalue weighted by Crippen LogP contribution is -2.56. The molecule has 2 aliphatic rings. The topological polar surface area (TPSA) is 171 Å². The molecule has 16 heteroatoms. The number of amides is 3. The molecule has 2 aromatic carbocycles. The Morgan fingerprint density at radius 2 is 1.67 bits per heavy atom. The highest BCUT2D eigenvalue weighted by Gasteiger charge is 2.41. The maximum Gasteiger partial charge on any atom is 0.410 e. The highest BCUT2D eigenvalue weighted by atomic mass is 32.2. The van der Waals surface area contributed by atoms with Crippen molar-refractivity contribution in [2.24, 2.45) is 5.92 Å². The third-order valence-electron chi connectivity index (χ3n) is 10.3. The molecule has 2 heterocycles. The molecular formula is C42H56N4O10S2. The van der Waals surface area contributed by atoms with Gasteiger partial charge >= 0.3 is 6.09 Å². The molecule has 1 aromatic heterocycles. The first-order valence-corrected chi connectivity index (χ1v) is 22.2. The molecule has 3 amide bonds. The molecule has 0 radical (unpaired) electrons. The van der Waals surface area contributed by atoms with E-state index in [9.17, 15) is 27.6 Å².